The Morgan fingerprint density at radius 1 is 1.05 bits per heavy atom. The molecule has 5 rings (SSSR count). The van der Waals surface area contributed by atoms with E-state index in [2.05, 4.69) is 10.2 Å². The summed E-state index contributed by atoms with van der Waals surface area (Å²) in [5, 5.41) is 2.64. The van der Waals surface area contributed by atoms with Crippen molar-refractivity contribution in [3.8, 4) is 11.5 Å². The van der Waals surface area contributed by atoms with Gasteiger partial charge in [0.15, 0.2) is 11.5 Å². The van der Waals surface area contributed by atoms with Crippen molar-refractivity contribution in [2.75, 3.05) is 49.7 Å². The van der Waals surface area contributed by atoms with Crippen molar-refractivity contribution in [3.63, 3.8) is 0 Å². The zero-order chi connectivity index (χ0) is 29.5. The summed E-state index contributed by atoms with van der Waals surface area (Å²) in [5.41, 5.74) is 3.01. The van der Waals surface area contributed by atoms with Crippen molar-refractivity contribution in [2.24, 2.45) is 0 Å². The molecular weight excluding hydrogens is 578 g/mol. The lowest BCUT2D eigenvalue weighted by Gasteiger charge is -2.30. The highest BCUT2D eigenvalue weighted by atomic mass is 35.5. The summed E-state index contributed by atoms with van der Waals surface area (Å²) in [6, 6.07) is 20.5. The van der Waals surface area contributed by atoms with Gasteiger partial charge in [0.05, 0.1) is 41.1 Å². The number of amides is 3. The maximum absolute atomic E-state index is 13.2. The van der Waals surface area contributed by atoms with E-state index in [1.165, 1.54) is 0 Å². The van der Waals surface area contributed by atoms with Gasteiger partial charge in [-0.1, -0.05) is 54.1 Å². The van der Waals surface area contributed by atoms with E-state index in [-0.39, 0.29) is 4.91 Å². The third-order valence-corrected chi connectivity index (χ3v) is 7.75. The first-order valence-corrected chi connectivity index (χ1v) is 14.7. The van der Waals surface area contributed by atoms with Crippen LogP contribution in [0.3, 0.4) is 0 Å². The first kappa shape index (κ1) is 29.5. The van der Waals surface area contributed by atoms with Crippen LogP contribution in [0.5, 0.6) is 11.5 Å². The zero-order valence-corrected chi connectivity index (χ0v) is 24.6. The molecule has 0 aliphatic carbocycles. The Kier molecular flexibility index (Phi) is 9.68. The maximum atomic E-state index is 13.2. The fraction of sp³-hybridized carbons (Fsp3) is 0.258. The minimum absolute atomic E-state index is 0.179. The van der Waals surface area contributed by atoms with E-state index in [9.17, 15) is 14.4 Å². The summed E-state index contributed by atoms with van der Waals surface area (Å²) in [4.78, 5) is 42.1. The van der Waals surface area contributed by atoms with Crippen LogP contribution in [0.4, 0.5) is 16.2 Å². The number of rotatable bonds is 10. The average Bonchev–Trinajstić information content (AvgIpc) is 3.25. The summed E-state index contributed by atoms with van der Waals surface area (Å²) in [7, 11) is 0. The molecule has 0 saturated carbocycles. The van der Waals surface area contributed by atoms with Crippen LogP contribution in [0.1, 0.15) is 18.1 Å². The highest BCUT2D eigenvalue weighted by Crippen LogP contribution is 2.39. The molecule has 2 aliphatic heterocycles. The van der Waals surface area contributed by atoms with Gasteiger partial charge in [-0.2, -0.15) is 0 Å². The second-order valence-corrected chi connectivity index (χ2v) is 10.9. The van der Waals surface area contributed by atoms with Gasteiger partial charge in [-0.05, 0) is 60.2 Å². The second-order valence-electron chi connectivity index (χ2n) is 9.47. The highest BCUT2D eigenvalue weighted by Gasteiger charge is 2.36. The maximum Gasteiger partial charge on any atom is 0.294 e. The number of hydrogen-bond donors (Lipinski definition) is 1. The molecule has 0 atom stereocenters. The number of hydrogen-bond acceptors (Lipinski definition) is 8. The first-order chi connectivity index (χ1) is 20.4. The summed E-state index contributed by atoms with van der Waals surface area (Å²) in [6.45, 7) is 4.73. The van der Waals surface area contributed by atoms with Gasteiger partial charge in [-0.25, -0.2) is 0 Å². The zero-order valence-electron chi connectivity index (χ0n) is 23.0. The fourth-order valence-corrected chi connectivity index (χ4v) is 5.70. The lowest BCUT2D eigenvalue weighted by atomic mass is 10.1. The summed E-state index contributed by atoms with van der Waals surface area (Å²) >= 11 is 7.33. The summed E-state index contributed by atoms with van der Waals surface area (Å²) in [6.07, 6.45) is 1.56. The summed E-state index contributed by atoms with van der Waals surface area (Å²) < 4.78 is 17.2. The number of nitrogens with zero attached hydrogens (tertiary/aromatic N) is 2. The number of thioether (sulfide) groups is 1. The molecule has 0 unspecified atom stereocenters. The first-order valence-electron chi connectivity index (χ1n) is 13.5. The predicted molar refractivity (Wildman–Crippen MR) is 164 cm³/mol. The number of benzene rings is 3. The molecule has 42 heavy (non-hydrogen) atoms. The molecule has 2 aliphatic rings. The Balaban J connectivity index is 1.28. The van der Waals surface area contributed by atoms with Crippen LogP contribution in [-0.2, 0) is 20.9 Å². The van der Waals surface area contributed by atoms with E-state index in [1.807, 2.05) is 55.5 Å². The predicted octanol–water partition coefficient (Wildman–Crippen LogP) is 5.83. The largest absolute Gasteiger partial charge is 0.490 e. The Labute approximate surface area is 253 Å². The van der Waals surface area contributed by atoms with Crippen LogP contribution < -0.4 is 19.7 Å². The van der Waals surface area contributed by atoms with E-state index < -0.39 is 23.6 Å². The number of nitrogens with one attached hydrogen (secondary N) is 1. The number of morpholine rings is 1. The van der Waals surface area contributed by atoms with Crippen molar-refractivity contribution in [1.29, 1.82) is 0 Å². The molecule has 11 heteroatoms. The van der Waals surface area contributed by atoms with Crippen LogP contribution in [0.15, 0.2) is 71.6 Å². The standard InChI is InChI=1S/C31H30ClN3O6S/c1-2-40-26-17-22(16-23(32)29(26)41-20-21-8-4-3-5-9-21)18-27-30(37)35(31(38)42-27)19-28(36)33-24-10-6-7-11-25(24)34-12-14-39-15-13-34/h3-11,16-18H,2,12-15,19-20H2,1H3,(H,33,36)/b27-18-. The number of halogens is 1. The van der Waals surface area contributed by atoms with Crippen molar-refractivity contribution in [1.82, 2.24) is 4.90 Å². The van der Waals surface area contributed by atoms with Gasteiger partial charge in [0.1, 0.15) is 13.2 Å². The van der Waals surface area contributed by atoms with Gasteiger partial charge in [-0.3, -0.25) is 19.3 Å². The fourth-order valence-electron chi connectivity index (χ4n) is 4.58. The molecule has 0 radical (unpaired) electrons. The molecule has 2 heterocycles. The molecule has 0 aromatic heterocycles. The molecule has 2 fully saturated rings. The van der Waals surface area contributed by atoms with E-state index >= 15 is 0 Å². The number of carbonyl (C=O) groups is 3. The van der Waals surface area contributed by atoms with Gasteiger partial charge >= 0.3 is 0 Å². The lowest BCUT2D eigenvalue weighted by Crippen LogP contribution is -2.38. The minimum Gasteiger partial charge on any atom is -0.490 e. The number of imide groups is 1. The molecule has 3 amide bonds. The van der Waals surface area contributed by atoms with Crippen LogP contribution in [0, 0.1) is 0 Å². The van der Waals surface area contributed by atoms with E-state index in [0.717, 1.165) is 27.9 Å². The number of anilines is 2. The van der Waals surface area contributed by atoms with Crippen molar-refractivity contribution < 1.29 is 28.6 Å². The smallest absolute Gasteiger partial charge is 0.294 e. The molecule has 2 saturated heterocycles. The molecule has 0 bridgehead atoms. The van der Waals surface area contributed by atoms with Crippen LogP contribution in [0.2, 0.25) is 5.02 Å². The molecule has 9 nitrogen and oxygen atoms in total. The number of para-hydroxylation sites is 2. The minimum atomic E-state index is -0.555. The van der Waals surface area contributed by atoms with E-state index in [0.29, 0.717) is 67.3 Å². The van der Waals surface area contributed by atoms with Crippen LogP contribution in [-0.4, -0.2) is 61.4 Å². The Bertz CT molecular complexity index is 1490. The topological polar surface area (TPSA) is 97.4 Å². The van der Waals surface area contributed by atoms with Gasteiger partial charge in [0, 0.05) is 13.1 Å². The quantitative estimate of drug-likeness (QED) is 0.288. The van der Waals surface area contributed by atoms with Gasteiger partial charge < -0.3 is 24.4 Å². The monoisotopic (exact) mass is 607 g/mol. The highest BCUT2D eigenvalue weighted by molar-refractivity contribution is 8.18. The van der Waals surface area contributed by atoms with E-state index in [1.54, 1.807) is 24.3 Å². The second kappa shape index (κ2) is 13.8. The molecular formula is C31H30ClN3O6S. The third kappa shape index (κ3) is 7.07. The third-order valence-electron chi connectivity index (χ3n) is 6.56. The molecule has 1 N–H and O–H groups in total. The molecule has 3 aromatic rings. The number of carbonyl (C=O) groups excluding carboxylic acids is 3. The molecule has 0 spiro atoms. The van der Waals surface area contributed by atoms with Crippen molar-refractivity contribution in [3.05, 3.63) is 87.8 Å². The van der Waals surface area contributed by atoms with Gasteiger partial charge in [-0.15, -0.1) is 0 Å². The Morgan fingerprint density at radius 3 is 2.55 bits per heavy atom. The van der Waals surface area contributed by atoms with Gasteiger partial charge in [0.25, 0.3) is 11.1 Å². The van der Waals surface area contributed by atoms with Crippen molar-refractivity contribution in [2.45, 2.75) is 13.5 Å². The Hall–Kier alpha value is -3.99. The Morgan fingerprint density at radius 2 is 1.79 bits per heavy atom. The van der Waals surface area contributed by atoms with Crippen LogP contribution >= 0.6 is 23.4 Å². The summed E-state index contributed by atoms with van der Waals surface area (Å²) in [5.74, 6) is -0.215. The normalized spacial score (nSPS) is 16.2. The average molecular weight is 608 g/mol. The van der Waals surface area contributed by atoms with Crippen molar-refractivity contribution >= 4 is 57.9 Å². The van der Waals surface area contributed by atoms with Crippen LogP contribution in [0.25, 0.3) is 6.08 Å². The van der Waals surface area contributed by atoms with Gasteiger partial charge in [0.2, 0.25) is 5.91 Å². The molecule has 3 aromatic carbocycles. The molecule has 218 valence electrons. The lowest BCUT2D eigenvalue weighted by molar-refractivity contribution is -0.127. The van der Waals surface area contributed by atoms with E-state index in [4.69, 9.17) is 25.8 Å². The number of ether oxygens (including phenoxy) is 3. The SMILES string of the molecule is CCOc1cc(/C=C2\SC(=O)N(CC(=O)Nc3ccccc3N3CCOCC3)C2=O)cc(Cl)c1OCc1ccccc1.